The number of fused-ring (bicyclic) bond motifs is 1. The molecule has 0 radical (unpaired) electrons. The van der Waals surface area contributed by atoms with Crippen molar-refractivity contribution in [1.82, 2.24) is 14.8 Å². The normalized spacial score (nSPS) is 15.8. The second-order valence-corrected chi connectivity index (χ2v) is 8.04. The Morgan fingerprint density at radius 2 is 1.97 bits per heavy atom. The van der Waals surface area contributed by atoms with Crippen LogP contribution in [0.3, 0.4) is 0 Å². The van der Waals surface area contributed by atoms with Crippen molar-refractivity contribution in [2.24, 2.45) is 0 Å². The van der Waals surface area contributed by atoms with Gasteiger partial charge in [0.05, 0.1) is 0 Å². The third-order valence-corrected chi connectivity index (χ3v) is 5.98. The summed E-state index contributed by atoms with van der Waals surface area (Å²) in [4.78, 5) is 16.9. The van der Waals surface area contributed by atoms with E-state index < -0.39 is 11.9 Å². The number of hydrogen-bond donors (Lipinski definition) is 1. The minimum absolute atomic E-state index is 0.144. The maximum atomic E-state index is 14.6. The number of carbonyl (C=O) groups excluding carboxylic acids is 1. The average Bonchev–Trinajstić information content (AvgIpc) is 3.09. The van der Waals surface area contributed by atoms with Crippen LogP contribution >= 0.6 is 23.4 Å². The van der Waals surface area contributed by atoms with Crippen molar-refractivity contribution >= 4 is 35.1 Å². The number of benzene rings is 2. The fraction of sp³-hybridized carbons (Fsp3) is 0.190. The molecule has 1 unspecified atom stereocenters. The number of ketones is 1. The standard InChI is InChI=1S/C21H18ClFN4OS/c1-12-18(13(2)28)19(15-8-4-6-10-17(15)23)27-20(24-12)25-21(26-27)29-11-14-7-3-5-9-16(14)22/h3-10,19H,11H2,1-2H3,(H,24,25,26). The van der Waals surface area contributed by atoms with Crippen LogP contribution in [-0.2, 0) is 10.5 Å². The highest BCUT2D eigenvalue weighted by Crippen LogP contribution is 2.37. The summed E-state index contributed by atoms with van der Waals surface area (Å²) in [5.74, 6) is 0.536. The van der Waals surface area contributed by atoms with Gasteiger partial charge < -0.3 is 5.32 Å². The molecule has 2 aromatic carbocycles. The summed E-state index contributed by atoms with van der Waals surface area (Å²) in [7, 11) is 0. The number of halogens is 2. The van der Waals surface area contributed by atoms with E-state index in [1.165, 1.54) is 24.8 Å². The number of hydrogen-bond acceptors (Lipinski definition) is 5. The van der Waals surface area contributed by atoms with E-state index in [0.717, 1.165) is 5.56 Å². The zero-order valence-corrected chi connectivity index (χ0v) is 17.4. The van der Waals surface area contributed by atoms with Crippen LogP contribution in [0.2, 0.25) is 5.02 Å². The van der Waals surface area contributed by atoms with Gasteiger partial charge in [0.15, 0.2) is 5.78 Å². The van der Waals surface area contributed by atoms with Gasteiger partial charge in [-0.05, 0) is 31.5 Å². The molecule has 1 aromatic heterocycles. The topological polar surface area (TPSA) is 59.8 Å². The molecule has 148 valence electrons. The van der Waals surface area contributed by atoms with E-state index >= 15 is 0 Å². The van der Waals surface area contributed by atoms with Crippen molar-refractivity contribution in [3.8, 4) is 0 Å². The summed E-state index contributed by atoms with van der Waals surface area (Å²) in [5, 5.41) is 8.90. The number of nitrogens with one attached hydrogen (secondary N) is 1. The van der Waals surface area contributed by atoms with Gasteiger partial charge in [-0.15, -0.1) is 5.10 Å². The Morgan fingerprint density at radius 1 is 1.24 bits per heavy atom. The average molecular weight is 429 g/mol. The lowest BCUT2D eigenvalue weighted by atomic mass is 9.93. The summed E-state index contributed by atoms with van der Waals surface area (Å²) >= 11 is 7.66. The summed E-state index contributed by atoms with van der Waals surface area (Å²) in [6, 6.07) is 13.3. The fourth-order valence-corrected chi connectivity index (χ4v) is 4.51. The Kier molecular flexibility index (Phi) is 5.43. The molecule has 0 amide bonds. The van der Waals surface area contributed by atoms with Crippen LogP contribution in [0.25, 0.3) is 0 Å². The van der Waals surface area contributed by atoms with Crippen molar-refractivity contribution < 1.29 is 9.18 Å². The minimum atomic E-state index is -0.674. The van der Waals surface area contributed by atoms with Gasteiger partial charge in [-0.2, -0.15) is 4.98 Å². The van der Waals surface area contributed by atoms with E-state index in [1.807, 2.05) is 24.3 Å². The van der Waals surface area contributed by atoms with E-state index in [4.69, 9.17) is 11.6 Å². The molecule has 2 heterocycles. The third kappa shape index (κ3) is 3.80. The molecule has 8 heteroatoms. The largest absolute Gasteiger partial charge is 0.328 e. The van der Waals surface area contributed by atoms with Gasteiger partial charge in [0.2, 0.25) is 11.1 Å². The van der Waals surface area contributed by atoms with Crippen LogP contribution in [0.1, 0.15) is 31.0 Å². The molecule has 3 aromatic rings. The molecule has 0 bridgehead atoms. The number of aromatic nitrogens is 3. The summed E-state index contributed by atoms with van der Waals surface area (Å²) in [5.41, 5.74) is 2.47. The summed E-state index contributed by atoms with van der Waals surface area (Å²) in [6.45, 7) is 3.27. The van der Waals surface area contributed by atoms with Crippen molar-refractivity contribution in [3.63, 3.8) is 0 Å². The van der Waals surface area contributed by atoms with E-state index in [9.17, 15) is 9.18 Å². The van der Waals surface area contributed by atoms with Crippen LogP contribution < -0.4 is 5.32 Å². The first-order valence-electron chi connectivity index (χ1n) is 9.01. The van der Waals surface area contributed by atoms with E-state index in [-0.39, 0.29) is 5.78 Å². The lowest BCUT2D eigenvalue weighted by molar-refractivity contribution is -0.114. The molecule has 1 atom stereocenters. The highest BCUT2D eigenvalue weighted by molar-refractivity contribution is 7.98. The predicted molar refractivity (Wildman–Crippen MR) is 113 cm³/mol. The van der Waals surface area contributed by atoms with Gasteiger partial charge >= 0.3 is 0 Å². The Balaban J connectivity index is 1.72. The zero-order chi connectivity index (χ0) is 20.5. The van der Waals surface area contributed by atoms with Crippen LogP contribution in [0.4, 0.5) is 10.3 Å². The Bertz CT molecular complexity index is 1130. The smallest absolute Gasteiger partial charge is 0.227 e. The predicted octanol–water partition coefficient (Wildman–Crippen LogP) is 5.24. The van der Waals surface area contributed by atoms with Crippen LogP contribution in [0.5, 0.6) is 0 Å². The second kappa shape index (κ2) is 8.00. The van der Waals surface area contributed by atoms with Crippen molar-refractivity contribution in [2.45, 2.75) is 30.8 Å². The monoisotopic (exact) mass is 428 g/mol. The first kappa shape index (κ1) is 19.7. The van der Waals surface area contributed by atoms with Gasteiger partial charge in [-0.1, -0.05) is 59.8 Å². The molecule has 1 N–H and O–H groups in total. The fourth-order valence-electron chi connectivity index (χ4n) is 3.39. The van der Waals surface area contributed by atoms with Gasteiger partial charge in [0.1, 0.15) is 11.9 Å². The van der Waals surface area contributed by atoms with E-state index in [0.29, 0.717) is 38.7 Å². The molecule has 0 saturated carbocycles. The maximum Gasteiger partial charge on any atom is 0.227 e. The van der Waals surface area contributed by atoms with Crippen LogP contribution in [-0.4, -0.2) is 20.5 Å². The molecule has 29 heavy (non-hydrogen) atoms. The van der Waals surface area contributed by atoms with E-state index in [2.05, 4.69) is 15.4 Å². The maximum absolute atomic E-state index is 14.6. The molecular weight excluding hydrogens is 411 g/mol. The highest BCUT2D eigenvalue weighted by Gasteiger charge is 2.34. The Labute approximate surface area is 177 Å². The number of Topliss-reactive ketones (excluding diaryl/α,β-unsaturated/α-hetero) is 1. The van der Waals surface area contributed by atoms with Gasteiger partial charge in [0, 0.05) is 27.6 Å². The summed E-state index contributed by atoms with van der Waals surface area (Å²) in [6.07, 6.45) is 0. The van der Waals surface area contributed by atoms with Crippen molar-refractivity contribution in [3.05, 3.63) is 81.8 Å². The molecular formula is C21H18ClFN4OS. The van der Waals surface area contributed by atoms with Crippen LogP contribution in [0, 0.1) is 5.82 Å². The van der Waals surface area contributed by atoms with Gasteiger partial charge in [0.25, 0.3) is 0 Å². The van der Waals surface area contributed by atoms with Gasteiger partial charge in [-0.3, -0.25) is 4.79 Å². The number of allylic oxidation sites excluding steroid dienone is 2. The Hall–Kier alpha value is -2.64. The van der Waals surface area contributed by atoms with E-state index in [1.54, 1.807) is 29.8 Å². The third-order valence-electron chi connectivity index (χ3n) is 4.73. The first-order valence-corrected chi connectivity index (χ1v) is 10.4. The molecule has 0 fully saturated rings. The second-order valence-electron chi connectivity index (χ2n) is 6.69. The minimum Gasteiger partial charge on any atom is -0.328 e. The van der Waals surface area contributed by atoms with Gasteiger partial charge in [-0.25, -0.2) is 9.07 Å². The molecule has 0 saturated heterocycles. The molecule has 1 aliphatic rings. The van der Waals surface area contributed by atoms with Crippen LogP contribution in [0.15, 0.2) is 65.0 Å². The number of anilines is 1. The SMILES string of the molecule is CC(=O)C1=C(C)Nc2nc(SCc3ccccc3Cl)nn2C1c1ccccc1F. The zero-order valence-electron chi connectivity index (χ0n) is 15.8. The molecule has 4 rings (SSSR count). The number of rotatable bonds is 5. The number of carbonyl (C=O) groups is 1. The quantitative estimate of drug-likeness (QED) is 0.563. The Morgan fingerprint density at radius 3 is 2.69 bits per heavy atom. The lowest BCUT2D eigenvalue weighted by Gasteiger charge is -2.28. The highest BCUT2D eigenvalue weighted by atomic mass is 35.5. The first-order chi connectivity index (χ1) is 14.0. The number of thioether (sulfide) groups is 1. The van der Waals surface area contributed by atoms with Crippen molar-refractivity contribution in [1.29, 1.82) is 0 Å². The van der Waals surface area contributed by atoms with Crippen molar-refractivity contribution in [2.75, 3.05) is 5.32 Å². The molecule has 5 nitrogen and oxygen atoms in total. The lowest BCUT2D eigenvalue weighted by Crippen LogP contribution is -2.28. The molecule has 1 aliphatic heterocycles. The molecule has 0 spiro atoms. The molecule has 0 aliphatic carbocycles. The number of nitrogens with zero attached hydrogens (tertiary/aromatic N) is 3. The summed E-state index contributed by atoms with van der Waals surface area (Å²) < 4.78 is 16.2.